The number of carbonyl (C=O) groups is 1. The molecule has 1 aliphatic heterocycles. The number of carbonyl (C=O) groups excluding carboxylic acids is 1. The molecule has 184 valence electrons. The summed E-state index contributed by atoms with van der Waals surface area (Å²) < 4.78 is 9.23. The largest absolute Gasteiger partial charge is 0.383 e. The number of methoxy groups -OCH3 is 1. The molecule has 1 saturated heterocycles. The van der Waals surface area contributed by atoms with Crippen LogP contribution in [0.4, 0.5) is 5.82 Å². The van der Waals surface area contributed by atoms with E-state index in [-0.39, 0.29) is 18.0 Å². The van der Waals surface area contributed by atoms with Crippen LogP contribution in [-0.2, 0) is 16.6 Å². The normalized spacial score (nSPS) is 17.5. The Balaban J connectivity index is 1.57. The molecule has 5 rings (SSSR count). The number of hydrogen-bond acceptors (Lipinski definition) is 6. The minimum atomic E-state index is -0.132. The van der Waals surface area contributed by atoms with Gasteiger partial charge < -0.3 is 19.9 Å². The fourth-order valence-electron chi connectivity index (χ4n) is 4.84. The SMILES string of the molecule is C=CC(=O)N1C[C@@H](n2nc(C#Cc3cc4nc(C)n(C)c4cc3Cl)c3c(N)nccc32)C[C@@H]1COC. The summed E-state index contributed by atoms with van der Waals surface area (Å²) in [6.07, 6.45) is 3.66. The fraction of sp³-hybridized carbons (Fsp3) is 0.308. The van der Waals surface area contributed by atoms with Crippen molar-refractivity contribution in [2.45, 2.75) is 25.4 Å². The van der Waals surface area contributed by atoms with Crippen LogP contribution < -0.4 is 5.73 Å². The first-order valence-corrected chi connectivity index (χ1v) is 11.9. The zero-order valence-corrected chi connectivity index (χ0v) is 21.1. The maximum atomic E-state index is 12.5. The van der Waals surface area contributed by atoms with Crippen molar-refractivity contribution < 1.29 is 9.53 Å². The van der Waals surface area contributed by atoms with Crippen molar-refractivity contribution in [3.05, 3.63) is 59.2 Å². The smallest absolute Gasteiger partial charge is 0.246 e. The van der Waals surface area contributed by atoms with Crippen molar-refractivity contribution in [2.75, 3.05) is 26.0 Å². The van der Waals surface area contributed by atoms with Gasteiger partial charge in [-0.1, -0.05) is 24.1 Å². The Bertz CT molecular complexity index is 1580. The fourth-order valence-corrected chi connectivity index (χ4v) is 5.05. The number of ether oxygens (including phenoxy) is 1. The highest BCUT2D eigenvalue weighted by molar-refractivity contribution is 6.32. The number of pyridine rings is 1. The van der Waals surface area contributed by atoms with Gasteiger partial charge in [-0.15, -0.1) is 0 Å². The van der Waals surface area contributed by atoms with E-state index in [1.54, 1.807) is 18.2 Å². The molecule has 0 radical (unpaired) electrons. The van der Waals surface area contributed by atoms with Crippen LogP contribution in [0.1, 0.15) is 29.5 Å². The molecule has 3 aromatic heterocycles. The molecule has 2 N–H and O–H groups in total. The molecular formula is C26H26ClN7O2. The van der Waals surface area contributed by atoms with Gasteiger partial charge in [0.15, 0.2) is 0 Å². The summed E-state index contributed by atoms with van der Waals surface area (Å²) in [6.45, 7) is 6.49. The Kier molecular flexibility index (Phi) is 6.16. The molecule has 0 bridgehead atoms. The quantitative estimate of drug-likeness (QED) is 0.338. The maximum Gasteiger partial charge on any atom is 0.246 e. The Morgan fingerprint density at radius 2 is 2.17 bits per heavy atom. The highest BCUT2D eigenvalue weighted by Gasteiger charge is 2.36. The first-order chi connectivity index (χ1) is 17.3. The molecule has 4 aromatic rings. The monoisotopic (exact) mass is 503 g/mol. The molecule has 1 amide bonds. The summed E-state index contributed by atoms with van der Waals surface area (Å²) in [7, 11) is 3.58. The van der Waals surface area contributed by atoms with E-state index in [1.165, 1.54) is 6.08 Å². The third-order valence-corrected chi connectivity index (χ3v) is 7.03. The van der Waals surface area contributed by atoms with E-state index in [0.717, 1.165) is 22.4 Å². The Labute approximate surface area is 213 Å². The van der Waals surface area contributed by atoms with E-state index in [0.29, 0.717) is 47.1 Å². The Morgan fingerprint density at radius 1 is 1.36 bits per heavy atom. The van der Waals surface area contributed by atoms with Crippen LogP contribution >= 0.6 is 11.6 Å². The molecule has 0 unspecified atom stereocenters. The lowest BCUT2D eigenvalue weighted by Gasteiger charge is -2.22. The first-order valence-electron chi connectivity index (χ1n) is 11.5. The van der Waals surface area contributed by atoms with Crippen molar-refractivity contribution in [3.8, 4) is 11.8 Å². The van der Waals surface area contributed by atoms with E-state index in [2.05, 4.69) is 28.4 Å². The minimum Gasteiger partial charge on any atom is -0.383 e. The van der Waals surface area contributed by atoms with Crippen LogP contribution in [0, 0.1) is 18.8 Å². The van der Waals surface area contributed by atoms with Crippen molar-refractivity contribution in [1.29, 1.82) is 0 Å². The van der Waals surface area contributed by atoms with Gasteiger partial charge in [-0.3, -0.25) is 9.48 Å². The highest BCUT2D eigenvalue weighted by atomic mass is 35.5. The summed E-state index contributed by atoms with van der Waals surface area (Å²) in [5.74, 6) is 7.41. The summed E-state index contributed by atoms with van der Waals surface area (Å²) in [6, 6.07) is 5.45. The van der Waals surface area contributed by atoms with Crippen LogP contribution in [0.15, 0.2) is 37.1 Å². The van der Waals surface area contributed by atoms with Gasteiger partial charge in [0.25, 0.3) is 0 Å². The number of benzene rings is 1. The molecule has 10 heteroatoms. The molecule has 2 atom stereocenters. The third-order valence-electron chi connectivity index (χ3n) is 6.71. The van der Waals surface area contributed by atoms with E-state index in [4.69, 9.17) is 27.2 Å². The molecule has 1 aromatic carbocycles. The number of aryl methyl sites for hydroxylation is 2. The van der Waals surface area contributed by atoms with Gasteiger partial charge in [0.05, 0.1) is 45.6 Å². The molecule has 1 fully saturated rings. The number of nitrogen functional groups attached to an aromatic ring is 1. The number of halogens is 1. The number of nitrogens with two attached hydrogens (primary N) is 1. The van der Waals surface area contributed by atoms with Crippen molar-refractivity contribution in [2.24, 2.45) is 7.05 Å². The van der Waals surface area contributed by atoms with Gasteiger partial charge in [0, 0.05) is 32.5 Å². The highest BCUT2D eigenvalue weighted by Crippen LogP contribution is 2.33. The second kappa shape index (κ2) is 9.30. The molecule has 4 heterocycles. The second-order valence-electron chi connectivity index (χ2n) is 8.87. The van der Waals surface area contributed by atoms with Crippen LogP contribution in [0.5, 0.6) is 0 Å². The molecule has 1 aliphatic rings. The average Bonchev–Trinajstić information content (AvgIpc) is 3.52. The summed E-state index contributed by atoms with van der Waals surface area (Å²) >= 11 is 6.55. The average molecular weight is 504 g/mol. The first kappa shape index (κ1) is 23.9. The number of likely N-dealkylation sites (tertiary alicyclic amines) is 1. The van der Waals surface area contributed by atoms with E-state index >= 15 is 0 Å². The van der Waals surface area contributed by atoms with Crippen LogP contribution in [0.25, 0.3) is 21.9 Å². The number of rotatable bonds is 4. The van der Waals surface area contributed by atoms with Gasteiger partial charge >= 0.3 is 0 Å². The van der Waals surface area contributed by atoms with E-state index < -0.39 is 0 Å². The minimum absolute atomic E-state index is 0.0779. The predicted octanol–water partition coefficient (Wildman–Crippen LogP) is 3.24. The van der Waals surface area contributed by atoms with Gasteiger partial charge in [0.2, 0.25) is 5.91 Å². The third kappa shape index (κ3) is 3.98. The number of nitrogens with zero attached hydrogens (tertiary/aromatic N) is 6. The Hall–Kier alpha value is -3.87. The zero-order valence-electron chi connectivity index (χ0n) is 20.3. The van der Waals surface area contributed by atoms with Gasteiger partial charge in [0.1, 0.15) is 17.3 Å². The Morgan fingerprint density at radius 3 is 2.92 bits per heavy atom. The second-order valence-corrected chi connectivity index (χ2v) is 9.27. The summed E-state index contributed by atoms with van der Waals surface area (Å²) in [4.78, 5) is 23.1. The molecule has 9 nitrogen and oxygen atoms in total. The number of aromatic nitrogens is 5. The maximum absolute atomic E-state index is 12.5. The van der Waals surface area contributed by atoms with Crippen LogP contribution in [0.2, 0.25) is 5.02 Å². The van der Waals surface area contributed by atoms with Crippen molar-refractivity contribution >= 4 is 45.3 Å². The zero-order chi connectivity index (χ0) is 25.6. The molecule has 36 heavy (non-hydrogen) atoms. The molecular weight excluding hydrogens is 478 g/mol. The predicted molar refractivity (Wildman–Crippen MR) is 140 cm³/mol. The standard InChI is InChI=1S/C26H26ClN7O2/c1-5-24(35)33-13-17(11-18(33)14-36-4)34-22-8-9-29-26(28)25(22)20(31-34)7-6-16-10-21-23(12-19(16)27)32(3)15(2)30-21/h5,8-10,12,17-18H,1,11,13-14H2,2-4H3,(H2,28,29)/t17-,18+/m0/s1. The van der Waals surface area contributed by atoms with Gasteiger partial charge in [-0.2, -0.15) is 5.10 Å². The lowest BCUT2D eigenvalue weighted by molar-refractivity contribution is -0.127. The summed E-state index contributed by atoms with van der Waals surface area (Å²) in [5.41, 5.74) is 9.99. The number of anilines is 1. The van der Waals surface area contributed by atoms with Crippen molar-refractivity contribution in [3.63, 3.8) is 0 Å². The van der Waals surface area contributed by atoms with E-state index in [1.807, 2.05) is 41.4 Å². The summed E-state index contributed by atoms with van der Waals surface area (Å²) in [5, 5.41) is 6.03. The number of imidazole rings is 1. The number of hydrogen-bond donors (Lipinski definition) is 1. The van der Waals surface area contributed by atoms with Crippen LogP contribution in [0.3, 0.4) is 0 Å². The van der Waals surface area contributed by atoms with Gasteiger partial charge in [-0.05, 0) is 43.5 Å². The lowest BCUT2D eigenvalue weighted by Crippen LogP contribution is -2.37. The van der Waals surface area contributed by atoms with Gasteiger partial charge in [-0.25, -0.2) is 9.97 Å². The topological polar surface area (TPSA) is 104 Å². The van der Waals surface area contributed by atoms with Crippen LogP contribution in [-0.4, -0.2) is 61.4 Å². The number of amides is 1. The molecule has 0 spiro atoms. The lowest BCUT2D eigenvalue weighted by atomic mass is 10.1. The van der Waals surface area contributed by atoms with E-state index in [9.17, 15) is 4.79 Å². The van der Waals surface area contributed by atoms with Crippen molar-refractivity contribution in [1.82, 2.24) is 29.2 Å². The molecule has 0 saturated carbocycles. The number of fused-ring (bicyclic) bond motifs is 2. The molecule has 0 aliphatic carbocycles.